The molecule has 0 spiro atoms. The number of rotatable bonds is 4. The van der Waals surface area contributed by atoms with Gasteiger partial charge in [0.05, 0.1) is 12.7 Å². The molecule has 0 bridgehead atoms. The molecule has 0 amide bonds. The van der Waals surface area contributed by atoms with Gasteiger partial charge in [0.25, 0.3) is 0 Å². The Hall–Kier alpha value is 0.620. The summed E-state index contributed by atoms with van der Waals surface area (Å²) in [7, 11) is 3.33. The van der Waals surface area contributed by atoms with Crippen molar-refractivity contribution >= 4 is 21.6 Å². The molecule has 10 heavy (non-hydrogen) atoms. The molecule has 1 rings (SSSR count). The normalized spacial score (nSPS) is 38.1. The monoisotopic (exact) mass is 180 g/mol. The molecule has 4 heteroatoms. The number of hydrogen-bond acceptors (Lipinski definition) is 4. The van der Waals surface area contributed by atoms with Crippen molar-refractivity contribution in [1.82, 2.24) is 0 Å². The Balaban J connectivity index is 1.95. The largest absolute Gasteiger partial charge is 0.395 e. The molecular weight excluding hydrogens is 168 g/mol. The average molecular weight is 180 g/mol. The highest BCUT2D eigenvalue weighted by atomic mass is 33.1. The van der Waals surface area contributed by atoms with Gasteiger partial charge < -0.3 is 10.2 Å². The Bertz CT molecular complexity index is 102. The molecule has 1 aliphatic carbocycles. The van der Waals surface area contributed by atoms with Crippen LogP contribution in [0.15, 0.2) is 0 Å². The van der Waals surface area contributed by atoms with E-state index in [1.807, 2.05) is 6.92 Å². The van der Waals surface area contributed by atoms with Crippen molar-refractivity contribution in [3.63, 3.8) is 0 Å². The van der Waals surface area contributed by atoms with Gasteiger partial charge in [-0.1, -0.05) is 28.5 Å². The molecule has 1 saturated carbocycles. The van der Waals surface area contributed by atoms with Crippen LogP contribution in [0.5, 0.6) is 0 Å². The molecule has 0 aromatic carbocycles. The van der Waals surface area contributed by atoms with E-state index >= 15 is 0 Å². The zero-order chi connectivity index (χ0) is 7.56. The van der Waals surface area contributed by atoms with Crippen LogP contribution in [-0.2, 0) is 0 Å². The number of hydrogen-bond donors (Lipinski definition) is 2. The summed E-state index contributed by atoms with van der Waals surface area (Å²) in [5.41, 5.74) is 0. The molecule has 0 aromatic rings. The van der Waals surface area contributed by atoms with Crippen LogP contribution in [0.3, 0.4) is 0 Å². The predicted molar refractivity (Wildman–Crippen MR) is 46.1 cm³/mol. The molecule has 60 valence electrons. The van der Waals surface area contributed by atoms with Crippen LogP contribution in [0.2, 0.25) is 0 Å². The van der Waals surface area contributed by atoms with Gasteiger partial charge in [-0.25, -0.2) is 0 Å². The minimum absolute atomic E-state index is 0.101. The molecule has 2 N–H and O–H groups in total. The Morgan fingerprint density at radius 2 is 2.10 bits per heavy atom. The molecule has 0 radical (unpaired) electrons. The molecule has 0 heterocycles. The summed E-state index contributed by atoms with van der Waals surface area (Å²) in [6.07, 6.45) is -0.101. The molecule has 1 fully saturated rings. The third-order valence-corrected chi connectivity index (χ3v) is 4.60. The van der Waals surface area contributed by atoms with Crippen molar-refractivity contribution < 1.29 is 10.2 Å². The van der Waals surface area contributed by atoms with E-state index in [0.29, 0.717) is 11.2 Å². The smallest absolute Gasteiger partial charge is 0.0708 e. The molecule has 2 nitrogen and oxygen atoms in total. The van der Waals surface area contributed by atoms with Gasteiger partial charge in [0.2, 0.25) is 0 Å². The van der Waals surface area contributed by atoms with Crippen LogP contribution in [0.25, 0.3) is 0 Å². The standard InChI is InChI=1S/C6H12O2S2/c1-4-5(8)6(4)10-9-3-2-7/h4-8H,2-3H2,1H3. The SMILES string of the molecule is CC1C(O)C1SSCCO. The predicted octanol–water partition coefficient (Wildman–Crippen LogP) is 0.739. The summed E-state index contributed by atoms with van der Waals surface area (Å²) in [6.45, 7) is 2.27. The highest BCUT2D eigenvalue weighted by molar-refractivity contribution is 8.77. The molecule has 0 saturated heterocycles. The first-order chi connectivity index (χ1) is 4.77. The van der Waals surface area contributed by atoms with Gasteiger partial charge in [0, 0.05) is 11.0 Å². The molecule has 0 aliphatic heterocycles. The van der Waals surface area contributed by atoms with Gasteiger partial charge in [0.15, 0.2) is 0 Å². The fraction of sp³-hybridized carbons (Fsp3) is 1.00. The van der Waals surface area contributed by atoms with E-state index in [2.05, 4.69) is 0 Å². The van der Waals surface area contributed by atoms with Gasteiger partial charge >= 0.3 is 0 Å². The average Bonchev–Trinajstić information content (AvgIpc) is 2.46. The number of aliphatic hydroxyl groups is 2. The molecule has 0 aromatic heterocycles. The van der Waals surface area contributed by atoms with Crippen molar-refractivity contribution in [1.29, 1.82) is 0 Å². The van der Waals surface area contributed by atoms with Crippen LogP contribution in [0, 0.1) is 5.92 Å². The summed E-state index contributed by atoms with van der Waals surface area (Å²) in [4.78, 5) is 0. The molecular formula is C6H12O2S2. The Morgan fingerprint density at radius 3 is 2.50 bits per heavy atom. The van der Waals surface area contributed by atoms with E-state index in [-0.39, 0.29) is 12.7 Å². The van der Waals surface area contributed by atoms with Gasteiger partial charge in [-0.2, -0.15) is 0 Å². The maximum atomic E-state index is 9.10. The quantitative estimate of drug-likeness (QED) is 0.494. The second-order valence-electron chi connectivity index (χ2n) is 2.46. The van der Waals surface area contributed by atoms with Gasteiger partial charge in [-0.15, -0.1) is 0 Å². The van der Waals surface area contributed by atoms with Gasteiger partial charge in [-0.3, -0.25) is 0 Å². The van der Waals surface area contributed by atoms with E-state index < -0.39 is 0 Å². The van der Waals surface area contributed by atoms with Crippen LogP contribution < -0.4 is 0 Å². The number of aliphatic hydroxyl groups excluding tert-OH is 2. The second kappa shape index (κ2) is 3.85. The molecule has 3 atom stereocenters. The molecule has 1 aliphatic rings. The van der Waals surface area contributed by atoms with Crippen LogP contribution in [0.4, 0.5) is 0 Å². The van der Waals surface area contributed by atoms with E-state index in [1.165, 1.54) is 0 Å². The minimum atomic E-state index is -0.101. The van der Waals surface area contributed by atoms with Crippen molar-refractivity contribution in [2.75, 3.05) is 12.4 Å². The fourth-order valence-electron chi connectivity index (χ4n) is 0.714. The van der Waals surface area contributed by atoms with E-state index in [1.54, 1.807) is 21.6 Å². The maximum absolute atomic E-state index is 9.10. The van der Waals surface area contributed by atoms with E-state index in [9.17, 15) is 0 Å². The lowest BCUT2D eigenvalue weighted by molar-refractivity contribution is 0.264. The van der Waals surface area contributed by atoms with Gasteiger partial charge in [0.1, 0.15) is 0 Å². The third-order valence-electron chi connectivity index (χ3n) is 1.61. The minimum Gasteiger partial charge on any atom is -0.395 e. The van der Waals surface area contributed by atoms with E-state index in [4.69, 9.17) is 10.2 Å². The Labute approximate surface area is 68.8 Å². The first-order valence-electron chi connectivity index (χ1n) is 3.34. The van der Waals surface area contributed by atoms with Crippen LogP contribution >= 0.6 is 21.6 Å². The summed E-state index contributed by atoms with van der Waals surface area (Å²) in [5, 5.41) is 17.9. The zero-order valence-electron chi connectivity index (χ0n) is 5.86. The summed E-state index contributed by atoms with van der Waals surface area (Å²) >= 11 is 0. The lowest BCUT2D eigenvalue weighted by atomic mass is 10.5. The van der Waals surface area contributed by atoms with Crippen LogP contribution in [-0.4, -0.2) is 33.9 Å². The second-order valence-corrected chi connectivity index (χ2v) is 5.12. The Morgan fingerprint density at radius 1 is 1.50 bits per heavy atom. The highest BCUT2D eigenvalue weighted by Gasteiger charge is 2.46. The van der Waals surface area contributed by atoms with Crippen molar-refractivity contribution in [3.05, 3.63) is 0 Å². The Kier molecular flexibility index (Phi) is 3.36. The summed E-state index contributed by atoms with van der Waals surface area (Å²) in [6, 6.07) is 0. The van der Waals surface area contributed by atoms with E-state index in [0.717, 1.165) is 5.75 Å². The summed E-state index contributed by atoms with van der Waals surface area (Å²) < 4.78 is 0. The first kappa shape index (κ1) is 8.71. The van der Waals surface area contributed by atoms with Gasteiger partial charge in [-0.05, 0) is 5.92 Å². The van der Waals surface area contributed by atoms with Crippen molar-refractivity contribution in [2.24, 2.45) is 5.92 Å². The maximum Gasteiger partial charge on any atom is 0.0708 e. The first-order valence-corrected chi connectivity index (χ1v) is 5.72. The summed E-state index contributed by atoms with van der Waals surface area (Å²) in [5.74, 6) is 1.22. The highest BCUT2D eigenvalue weighted by Crippen LogP contribution is 2.46. The lowest BCUT2D eigenvalue weighted by Gasteiger charge is -1.94. The zero-order valence-corrected chi connectivity index (χ0v) is 7.49. The molecule has 3 unspecified atom stereocenters. The third kappa shape index (κ3) is 2.05. The van der Waals surface area contributed by atoms with Crippen LogP contribution in [0.1, 0.15) is 6.92 Å². The van der Waals surface area contributed by atoms with Crippen molar-refractivity contribution in [2.45, 2.75) is 18.3 Å². The lowest BCUT2D eigenvalue weighted by Crippen LogP contribution is -1.86. The van der Waals surface area contributed by atoms with Crippen molar-refractivity contribution in [3.8, 4) is 0 Å². The fourth-order valence-corrected chi connectivity index (χ4v) is 3.50. The topological polar surface area (TPSA) is 40.5 Å².